The first-order valence-electron chi connectivity index (χ1n) is 11.4. The number of amides is 1. The van der Waals surface area contributed by atoms with Gasteiger partial charge in [-0.15, -0.1) is 0 Å². The summed E-state index contributed by atoms with van der Waals surface area (Å²) < 4.78 is 7.42. The Morgan fingerprint density at radius 3 is 2.47 bits per heavy atom. The lowest BCUT2D eigenvalue weighted by molar-refractivity contribution is -0.0739. The van der Waals surface area contributed by atoms with Gasteiger partial charge in [-0.1, -0.05) is 38.1 Å². The highest BCUT2D eigenvalue weighted by Gasteiger charge is 2.54. The molecule has 6 rings (SSSR count). The number of benzene rings is 1. The van der Waals surface area contributed by atoms with Crippen LogP contribution in [0.15, 0.2) is 35.1 Å². The average molecular weight is 433 g/mol. The maximum Gasteiger partial charge on any atom is 0.253 e. The molecule has 0 atom stereocenters. The van der Waals surface area contributed by atoms with E-state index in [9.17, 15) is 4.79 Å². The summed E-state index contributed by atoms with van der Waals surface area (Å²) in [5.74, 6) is 2.84. The molecule has 3 fully saturated rings. The first-order valence-corrected chi connectivity index (χ1v) is 11.4. The van der Waals surface area contributed by atoms with Crippen LogP contribution in [-0.2, 0) is 5.41 Å². The van der Waals surface area contributed by atoms with Crippen LogP contribution in [0, 0.1) is 5.41 Å². The number of hydrogen-bond donors (Lipinski definition) is 0. The fourth-order valence-electron chi connectivity index (χ4n) is 4.87. The van der Waals surface area contributed by atoms with E-state index in [1.165, 1.54) is 12.8 Å². The lowest BCUT2D eigenvalue weighted by atomic mass is 9.60. The Bertz CT molecular complexity index is 1150. The van der Waals surface area contributed by atoms with E-state index in [1.807, 2.05) is 60.9 Å². The quantitative estimate of drug-likeness (QED) is 0.619. The summed E-state index contributed by atoms with van der Waals surface area (Å²) in [5.41, 5.74) is 1.62. The lowest BCUT2D eigenvalue weighted by Gasteiger charge is -2.58. The highest BCUT2D eigenvalue weighted by molar-refractivity contribution is 5.95. The Balaban J connectivity index is 1.05. The number of carbonyl (C=O) groups is 1. The zero-order chi connectivity index (χ0) is 22.1. The number of hydrogen-bond acceptors (Lipinski definition) is 6. The molecule has 8 nitrogen and oxygen atoms in total. The van der Waals surface area contributed by atoms with Crippen molar-refractivity contribution in [1.29, 1.82) is 0 Å². The van der Waals surface area contributed by atoms with Crippen LogP contribution in [0.2, 0.25) is 0 Å². The molecule has 3 aliphatic rings. The lowest BCUT2D eigenvalue weighted by Crippen LogP contribution is -2.63. The summed E-state index contributed by atoms with van der Waals surface area (Å²) in [6, 6.07) is 7.92. The highest BCUT2D eigenvalue weighted by atomic mass is 16.5. The molecular formula is C24H28N6O2. The van der Waals surface area contributed by atoms with Gasteiger partial charge in [-0.2, -0.15) is 10.1 Å². The summed E-state index contributed by atoms with van der Waals surface area (Å²) in [7, 11) is 0. The largest absolute Gasteiger partial charge is 0.338 e. The third-order valence-corrected chi connectivity index (χ3v) is 6.98. The Morgan fingerprint density at radius 2 is 1.84 bits per heavy atom. The maximum absolute atomic E-state index is 12.9. The molecule has 1 spiro atoms. The Kier molecular flexibility index (Phi) is 4.13. The smallest absolute Gasteiger partial charge is 0.253 e. The molecule has 3 aromatic rings. The van der Waals surface area contributed by atoms with Crippen LogP contribution >= 0.6 is 0 Å². The van der Waals surface area contributed by atoms with E-state index in [0.29, 0.717) is 29.2 Å². The van der Waals surface area contributed by atoms with Crippen molar-refractivity contribution in [2.75, 3.05) is 13.1 Å². The summed E-state index contributed by atoms with van der Waals surface area (Å²) in [5, 5.41) is 8.76. The van der Waals surface area contributed by atoms with E-state index in [-0.39, 0.29) is 16.7 Å². The van der Waals surface area contributed by atoms with E-state index in [2.05, 4.69) is 20.2 Å². The molecule has 32 heavy (non-hydrogen) atoms. The van der Waals surface area contributed by atoms with Crippen molar-refractivity contribution < 1.29 is 9.32 Å². The fraction of sp³-hybridized carbons (Fsp3) is 0.542. The normalized spacial score (nSPS) is 20.3. The molecule has 2 aromatic heterocycles. The number of nitrogens with zero attached hydrogens (tertiary/aromatic N) is 6. The van der Waals surface area contributed by atoms with Gasteiger partial charge in [-0.25, -0.2) is 9.67 Å². The number of rotatable bonds is 4. The Morgan fingerprint density at radius 1 is 1.12 bits per heavy atom. The first kappa shape index (κ1) is 19.6. The van der Waals surface area contributed by atoms with Crippen LogP contribution in [0.4, 0.5) is 0 Å². The zero-order valence-corrected chi connectivity index (χ0v) is 18.8. The third kappa shape index (κ3) is 3.32. The Hall–Kier alpha value is -3.03. The van der Waals surface area contributed by atoms with Crippen LogP contribution in [0.1, 0.15) is 80.5 Å². The molecule has 0 unspecified atom stereocenters. The molecule has 2 aliphatic carbocycles. The Labute approximate surface area is 187 Å². The summed E-state index contributed by atoms with van der Waals surface area (Å²) in [4.78, 5) is 23.8. The van der Waals surface area contributed by atoms with E-state index >= 15 is 0 Å². The van der Waals surface area contributed by atoms with Crippen molar-refractivity contribution in [1.82, 2.24) is 29.8 Å². The topological polar surface area (TPSA) is 89.9 Å². The second-order valence-electron chi connectivity index (χ2n) is 10.8. The first-order chi connectivity index (χ1) is 15.3. The standard InChI is InChI=1S/C24H28N6O2/c1-23(2,3)22-26-20(28-32-22)16-6-8-17(9-7-16)21(31)29-12-24(13-29)10-18(11-24)30-14-25-19(27-30)15-4-5-15/h6-9,14-15,18H,4-5,10-13H2,1-3H3. The molecule has 0 N–H and O–H groups in total. The minimum absolute atomic E-state index is 0.0888. The van der Waals surface area contributed by atoms with Crippen molar-refractivity contribution in [3.63, 3.8) is 0 Å². The second kappa shape index (κ2) is 6.73. The summed E-state index contributed by atoms with van der Waals surface area (Å²) >= 11 is 0. The van der Waals surface area contributed by atoms with Crippen molar-refractivity contribution in [2.45, 2.75) is 63.8 Å². The van der Waals surface area contributed by atoms with Gasteiger partial charge in [-0.05, 0) is 37.8 Å². The maximum atomic E-state index is 12.9. The summed E-state index contributed by atoms with van der Waals surface area (Å²) in [6.07, 6.45) is 6.50. The van der Waals surface area contributed by atoms with Crippen LogP contribution in [-0.4, -0.2) is 48.8 Å². The van der Waals surface area contributed by atoms with E-state index in [4.69, 9.17) is 4.52 Å². The molecule has 166 valence electrons. The van der Waals surface area contributed by atoms with E-state index < -0.39 is 0 Å². The van der Waals surface area contributed by atoms with Gasteiger partial charge < -0.3 is 9.42 Å². The highest BCUT2D eigenvalue weighted by Crippen LogP contribution is 2.54. The third-order valence-electron chi connectivity index (χ3n) is 6.98. The molecule has 0 radical (unpaired) electrons. The van der Waals surface area contributed by atoms with Gasteiger partial charge in [0.1, 0.15) is 6.33 Å². The monoisotopic (exact) mass is 432 g/mol. The van der Waals surface area contributed by atoms with Gasteiger partial charge in [0, 0.05) is 41.0 Å². The van der Waals surface area contributed by atoms with Gasteiger partial charge in [0.2, 0.25) is 11.7 Å². The zero-order valence-electron chi connectivity index (χ0n) is 18.8. The minimum Gasteiger partial charge on any atom is -0.338 e. The van der Waals surface area contributed by atoms with Gasteiger partial charge in [-0.3, -0.25) is 4.79 Å². The van der Waals surface area contributed by atoms with Crippen molar-refractivity contribution >= 4 is 5.91 Å². The van der Waals surface area contributed by atoms with Crippen LogP contribution in [0.25, 0.3) is 11.4 Å². The van der Waals surface area contributed by atoms with Crippen LogP contribution < -0.4 is 0 Å². The predicted molar refractivity (Wildman–Crippen MR) is 117 cm³/mol. The predicted octanol–water partition coefficient (Wildman–Crippen LogP) is 3.98. The van der Waals surface area contributed by atoms with E-state index in [0.717, 1.165) is 37.3 Å². The second-order valence-corrected chi connectivity index (χ2v) is 10.8. The molecule has 1 aliphatic heterocycles. The molecule has 0 bridgehead atoms. The summed E-state index contributed by atoms with van der Waals surface area (Å²) in [6.45, 7) is 7.76. The van der Waals surface area contributed by atoms with Crippen LogP contribution in [0.5, 0.6) is 0 Å². The number of likely N-dealkylation sites (tertiary alicyclic amines) is 1. The van der Waals surface area contributed by atoms with Gasteiger partial charge in [0.05, 0.1) is 6.04 Å². The molecule has 1 amide bonds. The number of carbonyl (C=O) groups excluding carboxylic acids is 1. The molecule has 3 heterocycles. The van der Waals surface area contributed by atoms with Gasteiger partial charge in [0.25, 0.3) is 5.91 Å². The SMILES string of the molecule is CC(C)(C)c1nc(-c2ccc(C(=O)N3CC4(CC(n5cnc(C6CC6)n5)C4)C3)cc2)no1. The molecule has 1 saturated heterocycles. The van der Waals surface area contributed by atoms with Gasteiger partial charge in [0.15, 0.2) is 5.82 Å². The molecule has 1 aromatic carbocycles. The van der Waals surface area contributed by atoms with Crippen molar-refractivity contribution in [3.8, 4) is 11.4 Å². The van der Waals surface area contributed by atoms with Crippen LogP contribution in [0.3, 0.4) is 0 Å². The molecule has 2 saturated carbocycles. The minimum atomic E-state index is -0.192. The number of aromatic nitrogens is 5. The van der Waals surface area contributed by atoms with Gasteiger partial charge >= 0.3 is 0 Å². The molecule has 8 heteroatoms. The average Bonchev–Trinajstić information content (AvgIpc) is 3.22. The fourth-order valence-corrected chi connectivity index (χ4v) is 4.87. The van der Waals surface area contributed by atoms with E-state index in [1.54, 1.807) is 0 Å². The molecular weight excluding hydrogens is 404 g/mol. The van der Waals surface area contributed by atoms with Crippen molar-refractivity contribution in [2.24, 2.45) is 5.41 Å². The van der Waals surface area contributed by atoms with Crippen molar-refractivity contribution in [3.05, 3.63) is 47.9 Å².